The van der Waals surface area contributed by atoms with E-state index in [1.807, 2.05) is 24.7 Å². The molecule has 0 fully saturated rings. The summed E-state index contributed by atoms with van der Waals surface area (Å²) >= 11 is 0. The van der Waals surface area contributed by atoms with E-state index in [2.05, 4.69) is 62.8 Å². The van der Waals surface area contributed by atoms with Crippen LogP contribution in [-0.2, 0) is 0 Å². The van der Waals surface area contributed by atoms with Crippen LogP contribution in [0.25, 0.3) is 0 Å². The molecule has 2 heterocycles. The van der Waals surface area contributed by atoms with Crippen molar-refractivity contribution in [3.05, 3.63) is 54.0 Å². The van der Waals surface area contributed by atoms with Crippen molar-refractivity contribution in [2.45, 2.75) is 59.3 Å². The van der Waals surface area contributed by atoms with E-state index in [0.29, 0.717) is 18.4 Å². The van der Waals surface area contributed by atoms with Gasteiger partial charge >= 0.3 is 0 Å². The Hall–Kier alpha value is -1.90. The Balaban J connectivity index is 1.82. The summed E-state index contributed by atoms with van der Waals surface area (Å²) in [4.78, 5) is 8.51. The number of ether oxygens (including phenoxy) is 1. The summed E-state index contributed by atoms with van der Waals surface area (Å²) in [5.74, 6) is 1.75. The number of rotatable bonds is 8. The third-order valence-electron chi connectivity index (χ3n) is 4.57. The molecule has 0 radical (unpaired) electrons. The molecule has 0 aliphatic rings. The first kappa shape index (κ1) is 18.4. The molecule has 2 rings (SSSR count). The van der Waals surface area contributed by atoms with Crippen molar-refractivity contribution >= 4 is 0 Å². The molecule has 0 saturated heterocycles. The lowest BCUT2D eigenvalue weighted by atomic mass is 9.84. The maximum atomic E-state index is 5.92. The highest BCUT2D eigenvalue weighted by Gasteiger charge is 2.21. The Kier molecular flexibility index (Phi) is 6.36. The van der Waals surface area contributed by atoms with E-state index in [0.717, 1.165) is 18.7 Å². The fourth-order valence-electron chi connectivity index (χ4n) is 2.63. The molecule has 2 aromatic rings. The fourth-order valence-corrected chi connectivity index (χ4v) is 2.63. The van der Waals surface area contributed by atoms with Crippen LogP contribution in [0.5, 0.6) is 5.88 Å². The average Bonchev–Trinajstić information content (AvgIpc) is 2.59. The van der Waals surface area contributed by atoms with Crippen LogP contribution in [0.1, 0.15) is 70.4 Å². The van der Waals surface area contributed by atoms with Crippen LogP contribution in [0.2, 0.25) is 0 Å². The monoisotopic (exact) mass is 326 g/mol. The highest BCUT2D eigenvalue weighted by atomic mass is 16.5. The summed E-state index contributed by atoms with van der Waals surface area (Å²) in [6.07, 6.45) is 7.90. The summed E-state index contributed by atoms with van der Waals surface area (Å²) in [6, 6.07) is 8.29. The zero-order valence-electron chi connectivity index (χ0n) is 15.6. The third-order valence-corrected chi connectivity index (χ3v) is 4.57. The van der Waals surface area contributed by atoms with Gasteiger partial charge in [-0.15, -0.1) is 0 Å². The number of hydrogen-bond donors (Lipinski definition) is 0. The summed E-state index contributed by atoms with van der Waals surface area (Å²) in [6.45, 7) is 11.8. The molecule has 1 unspecified atom stereocenters. The van der Waals surface area contributed by atoms with E-state index in [1.165, 1.54) is 11.1 Å². The van der Waals surface area contributed by atoms with Gasteiger partial charge in [-0.25, -0.2) is 4.98 Å². The van der Waals surface area contributed by atoms with Gasteiger partial charge in [-0.05, 0) is 53.4 Å². The van der Waals surface area contributed by atoms with E-state index in [-0.39, 0.29) is 5.41 Å². The Morgan fingerprint density at radius 1 is 1.00 bits per heavy atom. The Morgan fingerprint density at radius 3 is 2.29 bits per heavy atom. The van der Waals surface area contributed by atoms with Crippen molar-refractivity contribution in [2.24, 2.45) is 5.41 Å². The van der Waals surface area contributed by atoms with E-state index in [4.69, 9.17) is 4.74 Å². The van der Waals surface area contributed by atoms with Crippen LogP contribution in [0.15, 0.2) is 42.9 Å². The fraction of sp³-hybridized carbons (Fsp3) is 0.524. The minimum absolute atomic E-state index is 0.125. The Labute approximate surface area is 146 Å². The minimum atomic E-state index is 0.125. The van der Waals surface area contributed by atoms with E-state index >= 15 is 0 Å². The molecule has 2 aromatic heterocycles. The van der Waals surface area contributed by atoms with Crippen LogP contribution in [0.3, 0.4) is 0 Å². The van der Waals surface area contributed by atoms with Gasteiger partial charge < -0.3 is 4.74 Å². The number of aromatic nitrogens is 2. The SMILES string of the molecule is CC(C)c1ccc(OCC(C)(C)CCC(C)c2ccncc2)nc1. The quantitative estimate of drug-likeness (QED) is 0.634. The van der Waals surface area contributed by atoms with Gasteiger partial charge in [0.15, 0.2) is 0 Å². The predicted octanol–water partition coefficient (Wildman–Crippen LogP) is 5.59. The van der Waals surface area contributed by atoms with E-state index < -0.39 is 0 Å². The molecule has 0 N–H and O–H groups in total. The molecule has 0 bridgehead atoms. The summed E-state index contributed by atoms with van der Waals surface area (Å²) in [7, 11) is 0. The zero-order valence-corrected chi connectivity index (χ0v) is 15.6. The highest BCUT2D eigenvalue weighted by Crippen LogP contribution is 2.29. The summed E-state index contributed by atoms with van der Waals surface area (Å²) in [5, 5.41) is 0. The molecule has 0 spiro atoms. The van der Waals surface area contributed by atoms with Gasteiger partial charge in [0.1, 0.15) is 0 Å². The lowest BCUT2D eigenvalue weighted by Gasteiger charge is -2.26. The topological polar surface area (TPSA) is 35.0 Å². The van der Waals surface area contributed by atoms with Crippen LogP contribution in [-0.4, -0.2) is 16.6 Å². The van der Waals surface area contributed by atoms with Crippen LogP contribution in [0, 0.1) is 5.41 Å². The third kappa shape index (κ3) is 5.63. The first-order chi connectivity index (χ1) is 11.4. The van der Waals surface area contributed by atoms with Gasteiger partial charge in [0.2, 0.25) is 5.88 Å². The van der Waals surface area contributed by atoms with Gasteiger partial charge in [0.05, 0.1) is 6.61 Å². The van der Waals surface area contributed by atoms with Crippen LogP contribution < -0.4 is 4.74 Å². The largest absolute Gasteiger partial charge is 0.477 e. The second kappa shape index (κ2) is 8.27. The van der Waals surface area contributed by atoms with E-state index in [1.54, 1.807) is 0 Å². The standard InChI is InChI=1S/C21H30N2O/c1-16(2)19-6-7-20(23-14-19)24-15-21(4,5)11-8-17(3)18-9-12-22-13-10-18/h6-7,9-10,12-14,16-17H,8,11,15H2,1-5H3. The Morgan fingerprint density at radius 2 is 1.71 bits per heavy atom. The lowest BCUT2D eigenvalue weighted by Crippen LogP contribution is -2.22. The van der Waals surface area contributed by atoms with Gasteiger partial charge in [-0.3, -0.25) is 4.98 Å². The second-order valence-corrected chi connectivity index (χ2v) is 7.76. The van der Waals surface area contributed by atoms with Gasteiger partial charge in [0.25, 0.3) is 0 Å². The molecule has 24 heavy (non-hydrogen) atoms. The van der Waals surface area contributed by atoms with Crippen molar-refractivity contribution in [3.63, 3.8) is 0 Å². The van der Waals surface area contributed by atoms with Gasteiger partial charge in [-0.1, -0.05) is 40.7 Å². The number of hydrogen-bond acceptors (Lipinski definition) is 3. The molecule has 0 aliphatic heterocycles. The highest BCUT2D eigenvalue weighted by molar-refractivity contribution is 5.20. The smallest absolute Gasteiger partial charge is 0.213 e. The first-order valence-electron chi connectivity index (χ1n) is 8.86. The number of pyridine rings is 2. The molecular weight excluding hydrogens is 296 g/mol. The number of nitrogens with zero attached hydrogens (tertiary/aromatic N) is 2. The van der Waals surface area contributed by atoms with Gasteiger partial charge in [-0.2, -0.15) is 0 Å². The van der Waals surface area contributed by atoms with Crippen LogP contribution >= 0.6 is 0 Å². The second-order valence-electron chi connectivity index (χ2n) is 7.76. The normalized spacial score (nSPS) is 13.1. The summed E-state index contributed by atoms with van der Waals surface area (Å²) in [5.41, 5.74) is 2.72. The average molecular weight is 326 g/mol. The van der Waals surface area contributed by atoms with Crippen molar-refractivity contribution in [1.82, 2.24) is 9.97 Å². The molecular formula is C21H30N2O. The molecule has 130 valence electrons. The van der Waals surface area contributed by atoms with Gasteiger partial charge in [0, 0.05) is 24.7 Å². The summed E-state index contributed by atoms with van der Waals surface area (Å²) < 4.78 is 5.92. The molecule has 3 nitrogen and oxygen atoms in total. The predicted molar refractivity (Wildman–Crippen MR) is 99.5 cm³/mol. The molecule has 0 aliphatic carbocycles. The Bertz CT molecular complexity index is 605. The molecule has 1 atom stereocenters. The minimum Gasteiger partial charge on any atom is -0.477 e. The zero-order chi connectivity index (χ0) is 17.6. The first-order valence-corrected chi connectivity index (χ1v) is 8.86. The molecule has 0 amide bonds. The van der Waals surface area contributed by atoms with Crippen molar-refractivity contribution in [3.8, 4) is 5.88 Å². The maximum absolute atomic E-state index is 5.92. The molecule has 3 heteroatoms. The van der Waals surface area contributed by atoms with Crippen molar-refractivity contribution in [2.75, 3.05) is 6.61 Å². The molecule has 0 saturated carbocycles. The molecule has 0 aromatic carbocycles. The van der Waals surface area contributed by atoms with Crippen LogP contribution in [0.4, 0.5) is 0 Å². The van der Waals surface area contributed by atoms with Crippen molar-refractivity contribution < 1.29 is 4.74 Å². The van der Waals surface area contributed by atoms with Crippen molar-refractivity contribution in [1.29, 1.82) is 0 Å². The lowest BCUT2D eigenvalue weighted by molar-refractivity contribution is 0.159. The maximum Gasteiger partial charge on any atom is 0.213 e. The van der Waals surface area contributed by atoms with E-state index in [9.17, 15) is 0 Å².